The van der Waals surface area contributed by atoms with E-state index in [9.17, 15) is 9.18 Å². The maximum absolute atomic E-state index is 15.3. The summed E-state index contributed by atoms with van der Waals surface area (Å²) in [6.45, 7) is 2.15. The van der Waals surface area contributed by atoms with Gasteiger partial charge in [-0.2, -0.15) is 0 Å². The number of halogens is 2. The average molecular weight is 496 g/mol. The summed E-state index contributed by atoms with van der Waals surface area (Å²) >= 11 is 0. The van der Waals surface area contributed by atoms with E-state index in [2.05, 4.69) is 0 Å². The van der Waals surface area contributed by atoms with Crippen LogP contribution in [-0.4, -0.2) is 25.8 Å². The topological polar surface area (TPSA) is 83.9 Å². The zero-order chi connectivity index (χ0) is 25.7. The van der Waals surface area contributed by atoms with E-state index in [4.69, 9.17) is 24.4 Å². The molecule has 1 aromatic heterocycles. The first kappa shape index (κ1) is 25.3. The van der Waals surface area contributed by atoms with Crippen LogP contribution in [-0.2, 0) is 33.8 Å². The summed E-state index contributed by atoms with van der Waals surface area (Å²) in [4.78, 5) is 12.3. The van der Waals surface area contributed by atoms with Gasteiger partial charge >= 0.3 is 5.97 Å². The second-order valence-electron chi connectivity index (χ2n) is 8.44. The minimum Gasteiger partial charge on any atom is -0.488 e. The van der Waals surface area contributed by atoms with Gasteiger partial charge in [-0.25, -0.2) is 8.78 Å². The Morgan fingerprint density at radius 3 is 2.69 bits per heavy atom. The van der Waals surface area contributed by atoms with Crippen molar-refractivity contribution in [2.24, 2.45) is 5.73 Å². The number of benzene rings is 3. The standard InChI is InChI=1S/C28H27F2NO5/c1-17(15-33-2)36-26(32)13-20-11-22(29)6-7-25(20)35-16-21-12-24(19-5-3-4-18(10-19)14-31)28-23(27(21)30)8-9-34-28/h3-12,17H,13-16,31H2,1-2H3. The molecule has 188 valence electrons. The highest BCUT2D eigenvalue weighted by Crippen LogP contribution is 2.34. The SMILES string of the molecule is COCC(C)OC(=O)Cc1cc(F)ccc1OCc1cc(-c2cccc(CN)c2)c2occc2c1F. The second kappa shape index (κ2) is 11.3. The third kappa shape index (κ3) is 5.72. The molecule has 4 aromatic rings. The Morgan fingerprint density at radius 1 is 1.08 bits per heavy atom. The van der Waals surface area contributed by atoms with E-state index in [0.29, 0.717) is 28.6 Å². The molecule has 0 aliphatic carbocycles. The van der Waals surface area contributed by atoms with E-state index in [0.717, 1.165) is 11.1 Å². The lowest BCUT2D eigenvalue weighted by atomic mass is 9.98. The minimum absolute atomic E-state index is 0.149. The van der Waals surface area contributed by atoms with E-state index in [1.807, 2.05) is 24.3 Å². The molecule has 8 heteroatoms. The van der Waals surface area contributed by atoms with Crippen molar-refractivity contribution in [3.63, 3.8) is 0 Å². The molecule has 4 rings (SSSR count). The van der Waals surface area contributed by atoms with Crippen LogP contribution in [0.3, 0.4) is 0 Å². The quantitative estimate of drug-likeness (QED) is 0.291. The van der Waals surface area contributed by atoms with Crippen molar-refractivity contribution in [2.45, 2.75) is 32.6 Å². The number of nitrogens with two attached hydrogens (primary N) is 1. The lowest BCUT2D eigenvalue weighted by Gasteiger charge is -2.15. The number of fused-ring (bicyclic) bond motifs is 1. The first-order chi connectivity index (χ1) is 17.4. The Bertz CT molecular complexity index is 1370. The molecule has 0 aliphatic heterocycles. The van der Waals surface area contributed by atoms with E-state index >= 15 is 4.39 Å². The Labute approximate surface area is 207 Å². The molecule has 6 nitrogen and oxygen atoms in total. The lowest BCUT2D eigenvalue weighted by Crippen LogP contribution is -2.21. The van der Waals surface area contributed by atoms with Crippen LogP contribution in [0.25, 0.3) is 22.1 Å². The van der Waals surface area contributed by atoms with Crippen LogP contribution < -0.4 is 10.5 Å². The van der Waals surface area contributed by atoms with Crippen LogP contribution >= 0.6 is 0 Å². The van der Waals surface area contributed by atoms with Gasteiger partial charge in [0.05, 0.1) is 24.7 Å². The van der Waals surface area contributed by atoms with Crippen LogP contribution in [0.5, 0.6) is 5.75 Å². The molecule has 1 unspecified atom stereocenters. The van der Waals surface area contributed by atoms with Gasteiger partial charge < -0.3 is 24.4 Å². The van der Waals surface area contributed by atoms with Gasteiger partial charge in [0, 0.05) is 30.3 Å². The lowest BCUT2D eigenvalue weighted by molar-refractivity contribution is -0.149. The molecule has 1 atom stereocenters. The molecule has 0 radical (unpaired) electrons. The van der Waals surface area contributed by atoms with Gasteiger partial charge in [0.2, 0.25) is 0 Å². The Hall–Kier alpha value is -3.75. The van der Waals surface area contributed by atoms with Crippen LogP contribution in [0, 0.1) is 11.6 Å². The van der Waals surface area contributed by atoms with Gasteiger partial charge in [-0.05, 0) is 54.4 Å². The molecular formula is C28H27F2NO5. The van der Waals surface area contributed by atoms with Crippen LogP contribution in [0.15, 0.2) is 65.3 Å². The van der Waals surface area contributed by atoms with Crippen molar-refractivity contribution < 1.29 is 32.2 Å². The van der Waals surface area contributed by atoms with E-state index in [1.54, 1.807) is 19.1 Å². The van der Waals surface area contributed by atoms with Gasteiger partial charge in [-0.15, -0.1) is 0 Å². The van der Waals surface area contributed by atoms with E-state index in [-0.39, 0.29) is 30.9 Å². The number of esters is 1. The molecule has 1 heterocycles. The number of rotatable bonds is 10. The summed E-state index contributed by atoms with van der Waals surface area (Å²) in [6.07, 6.45) is 0.775. The van der Waals surface area contributed by atoms with Gasteiger partial charge in [0.15, 0.2) is 0 Å². The summed E-state index contributed by atoms with van der Waals surface area (Å²) in [6, 6.07) is 14.7. The van der Waals surface area contributed by atoms with Crippen molar-refractivity contribution in [2.75, 3.05) is 13.7 Å². The normalized spacial score (nSPS) is 12.0. The molecule has 36 heavy (non-hydrogen) atoms. The highest BCUT2D eigenvalue weighted by Gasteiger charge is 2.19. The second-order valence-corrected chi connectivity index (χ2v) is 8.44. The van der Waals surface area contributed by atoms with E-state index < -0.39 is 23.7 Å². The third-order valence-corrected chi connectivity index (χ3v) is 5.70. The molecule has 0 saturated heterocycles. The molecule has 0 fully saturated rings. The summed E-state index contributed by atoms with van der Waals surface area (Å²) in [5.74, 6) is -1.30. The molecule has 2 N–H and O–H groups in total. The van der Waals surface area contributed by atoms with Crippen molar-refractivity contribution in [3.8, 4) is 16.9 Å². The number of carbonyl (C=O) groups is 1. The number of ether oxygens (including phenoxy) is 3. The number of furan rings is 1. The monoisotopic (exact) mass is 495 g/mol. The zero-order valence-electron chi connectivity index (χ0n) is 20.1. The molecule has 0 aliphatic rings. The molecular weight excluding hydrogens is 468 g/mol. The summed E-state index contributed by atoms with van der Waals surface area (Å²) < 4.78 is 51.0. The third-order valence-electron chi connectivity index (χ3n) is 5.70. The number of hydrogen-bond acceptors (Lipinski definition) is 6. The Kier molecular flexibility index (Phi) is 7.97. The fourth-order valence-electron chi connectivity index (χ4n) is 4.02. The van der Waals surface area contributed by atoms with Crippen molar-refractivity contribution >= 4 is 16.9 Å². The average Bonchev–Trinajstić information content (AvgIpc) is 3.35. The highest BCUT2D eigenvalue weighted by atomic mass is 19.1. The maximum atomic E-state index is 15.3. The zero-order valence-corrected chi connectivity index (χ0v) is 20.1. The number of hydrogen-bond donors (Lipinski definition) is 1. The predicted octanol–water partition coefficient (Wildman–Crippen LogP) is 5.54. The molecule has 3 aromatic carbocycles. The van der Waals surface area contributed by atoms with Gasteiger partial charge in [-0.1, -0.05) is 18.2 Å². The molecule has 0 bridgehead atoms. The predicted molar refractivity (Wildman–Crippen MR) is 131 cm³/mol. The minimum atomic E-state index is -0.553. The van der Waals surface area contributed by atoms with Crippen LogP contribution in [0.1, 0.15) is 23.6 Å². The number of methoxy groups -OCH3 is 1. The molecule has 0 saturated carbocycles. The fourth-order valence-corrected chi connectivity index (χ4v) is 4.02. The fraction of sp³-hybridized carbons (Fsp3) is 0.250. The molecule has 0 amide bonds. The summed E-state index contributed by atoms with van der Waals surface area (Å²) in [5.41, 5.74) is 9.23. The van der Waals surface area contributed by atoms with Gasteiger partial charge in [0.1, 0.15) is 35.7 Å². The first-order valence-electron chi connectivity index (χ1n) is 11.5. The van der Waals surface area contributed by atoms with Crippen molar-refractivity contribution in [3.05, 3.63) is 89.2 Å². The Balaban J connectivity index is 1.61. The van der Waals surface area contributed by atoms with Crippen LogP contribution in [0.4, 0.5) is 8.78 Å². The first-order valence-corrected chi connectivity index (χ1v) is 11.5. The van der Waals surface area contributed by atoms with E-state index in [1.165, 1.54) is 31.6 Å². The Morgan fingerprint density at radius 2 is 1.92 bits per heavy atom. The van der Waals surface area contributed by atoms with Crippen molar-refractivity contribution in [1.29, 1.82) is 0 Å². The highest BCUT2D eigenvalue weighted by molar-refractivity contribution is 5.93. The van der Waals surface area contributed by atoms with Crippen LogP contribution in [0.2, 0.25) is 0 Å². The summed E-state index contributed by atoms with van der Waals surface area (Å²) in [5, 5.41) is 0.319. The molecule has 0 spiro atoms. The largest absolute Gasteiger partial charge is 0.488 e. The van der Waals surface area contributed by atoms with Crippen molar-refractivity contribution in [1.82, 2.24) is 0 Å². The van der Waals surface area contributed by atoms with Gasteiger partial charge in [0.25, 0.3) is 0 Å². The number of carbonyl (C=O) groups excluding carboxylic acids is 1. The smallest absolute Gasteiger partial charge is 0.310 e. The maximum Gasteiger partial charge on any atom is 0.310 e. The van der Waals surface area contributed by atoms with Gasteiger partial charge in [-0.3, -0.25) is 4.79 Å². The summed E-state index contributed by atoms with van der Waals surface area (Å²) in [7, 11) is 1.50.